The summed E-state index contributed by atoms with van der Waals surface area (Å²) in [6.45, 7) is 4.19. The Kier molecular flexibility index (Phi) is 5.31. The maximum atomic E-state index is 10.5. The zero-order chi connectivity index (χ0) is 11.8. The van der Waals surface area contributed by atoms with Gasteiger partial charge in [0.05, 0.1) is 31.9 Å². The molecule has 1 aliphatic rings. The van der Waals surface area contributed by atoms with Gasteiger partial charge in [-0.3, -0.25) is 0 Å². The second kappa shape index (κ2) is 6.81. The first-order valence-corrected chi connectivity index (χ1v) is 5.10. The van der Waals surface area contributed by atoms with Crippen molar-refractivity contribution in [3.8, 4) is 5.75 Å². The summed E-state index contributed by atoms with van der Waals surface area (Å²) in [5.41, 5.74) is 0.139. The minimum absolute atomic E-state index is 0.139. The third-order valence-corrected chi connectivity index (χ3v) is 2.03. The molecule has 1 aliphatic heterocycles. The average Bonchev–Trinajstić information content (AvgIpc) is 2.32. The number of nitrogens with two attached hydrogens (primary N) is 1. The van der Waals surface area contributed by atoms with Gasteiger partial charge in [0.25, 0.3) is 0 Å². The van der Waals surface area contributed by atoms with E-state index in [0.29, 0.717) is 0 Å². The molecular formula is C11H15NO4. The van der Waals surface area contributed by atoms with Gasteiger partial charge in [0, 0.05) is 0 Å². The first-order chi connectivity index (χ1) is 7.70. The minimum atomic E-state index is -1.01. The van der Waals surface area contributed by atoms with Gasteiger partial charge in [-0.25, -0.2) is 4.79 Å². The Morgan fingerprint density at radius 1 is 1.25 bits per heavy atom. The summed E-state index contributed by atoms with van der Waals surface area (Å²) in [5.74, 6) is -1.19. The van der Waals surface area contributed by atoms with E-state index in [4.69, 9.17) is 9.84 Å². The van der Waals surface area contributed by atoms with E-state index in [0.717, 1.165) is 26.3 Å². The van der Waals surface area contributed by atoms with E-state index in [9.17, 15) is 9.90 Å². The Labute approximate surface area is 93.7 Å². The summed E-state index contributed by atoms with van der Waals surface area (Å²) in [4.78, 5) is 10.2. The van der Waals surface area contributed by atoms with Crippen molar-refractivity contribution in [2.75, 3.05) is 26.3 Å². The molecule has 0 atom stereocenters. The van der Waals surface area contributed by atoms with Crippen LogP contribution in [0.2, 0.25) is 0 Å². The highest BCUT2D eigenvalue weighted by Crippen LogP contribution is 2.05. The Morgan fingerprint density at radius 2 is 1.81 bits per heavy atom. The van der Waals surface area contributed by atoms with E-state index in [2.05, 4.69) is 5.32 Å². The van der Waals surface area contributed by atoms with Gasteiger partial charge in [0.1, 0.15) is 0 Å². The molecule has 1 fully saturated rings. The van der Waals surface area contributed by atoms with Crippen molar-refractivity contribution >= 4 is 5.97 Å². The lowest BCUT2D eigenvalue weighted by atomic mass is 10.2. The van der Waals surface area contributed by atoms with Gasteiger partial charge < -0.3 is 20.3 Å². The fourth-order valence-corrected chi connectivity index (χ4v) is 1.18. The molecule has 3 N–H and O–H groups in total. The first kappa shape index (κ1) is 12.5. The van der Waals surface area contributed by atoms with Crippen LogP contribution in [-0.4, -0.2) is 37.4 Å². The van der Waals surface area contributed by atoms with Crippen molar-refractivity contribution in [2.24, 2.45) is 0 Å². The van der Waals surface area contributed by atoms with Gasteiger partial charge in [-0.1, -0.05) is 12.1 Å². The number of quaternary nitrogens is 1. The molecule has 2 rings (SSSR count). The van der Waals surface area contributed by atoms with Crippen LogP contribution >= 0.6 is 0 Å². The Balaban J connectivity index is 0.000000181. The average molecular weight is 225 g/mol. The number of aromatic carboxylic acids is 1. The molecule has 0 amide bonds. The van der Waals surface area contributed by atoms with Crippen molar-refractivity contribution in [1.82, 2.24) is 0 Å². The molecular weight excluding hydrogens is 210 g/mol. The van der Waals surface area contributed by atoms with Crippen LogP contribution in [0, 0.1) is 0 Å². The number of hydrogen-bond donors (Lipinski definition) is 2. The Morgan fingerprint density at radius 3 is 2.12 bits per heavy atom. The molecule has 0 unspecified atom stereocenters. The number of morpholine rings is 1. The lowest BCUT2D eigenvalue weighted by Gasteiger charge is -2.07. The van der Waals surface area contributed by atoms with Gasteiger partial charge in [0.15, 0.2) is 0 Å². The number of carboxylic acid groups (broad SMARTS) is 1. The van der Waals surface area contributed by atoms with Crippen LogP contribution < -0.4 is 10.4 Å². The van der Waals surface area contributed by atoms with Crippen LogP contribution in [0.1, 0.15) is 10.4 Å². The Hall–Kier alpha value is -1.59. The number of rotatable bonds is 1. The topological polar surface area (TPSA) is 86.2 Å². The van der Waals surface area contributed by atoms with Crippen molar-refractivity contribution in [3.05, 3.63) is 29.8 Å². The molecule has 0 aromatic heterocycles. The van der Waals surface area contributed by atoms with Gasteiger partial charge >= 0.3 is 5.97 Å². The van der Waals surface area contributed by atoms with Gasteiger partial charge in [-0.15, -0.1) is 5.75 Å². The van der Waals surface area contributed by atoms with E-state index >= 15 is 0 Å². The van der Waals surface area contributed by atoms with Crippen molar-refractivity contribution < 1.29 is 25.1 Å². The fraction of sp³-hybridized carbons (Fsp3) is 0.364. The fourth-order valence-electron chi connectivity index (χ4n) is 1.18. The van der Waals surface area contributed by atoms with Crippen LogP contribution in [0.4, 0.5) is 0 Å². The summed E-state index contributed by atoms with van der Waals surface area (Å²) in [7, 11) is 0. The number of ether oxygens (including phenoxy) is 1. The standard InChI is InChI=1S/C7H6O3.C4H9NO/c8-6-3-1-5(2-4-6)7(9)10;1-3-6-4-2-5-1/h1-4,8H,(H,9,10);5H,1-4H2. The highest BCUT2D eigenvalue weighted by Gasteiger charge is 1.97. The zero-order valence-electron chi connectivity index (χ0n) is 8.89. The minimum Gasteiger partial charge on any atom is -0.872 e. The van der Waals surface area contributed by atoms with Gasteiger partial charge in [-0.2, -0.15) is 0 Å². The molecule has 16 heavy (non-hydrogen) atoms. The Bertz CT molecular complexity index is 308. The second-order valence-corrected chi connectivity index (χ2v) is 3.31. The molecule has 1 saturated heterocycles. The molecule has 0 aliphatic carbocycles. The van der Waals surface area contributed by atoms with Crippen LogP contribution in [0.15, 0.2) is 24.3 Å². The molecule has 1 aromatic rings. The summed E-state index contributed by atoms with van der Waals surface area (Å²) >= 11 is 0. The molecule has 0 spiro atoms. The van der Waals surface area contributed by atoms with Crippen LogP contribution in [-0.2, 0) is 4.74 Å². The molecule has 0 bridgehead atoms. The molecule has 5 heteroatoms. The lowest BCUT2D eigenvalue weighted by Crippen LogP contribution is -2.87. The largest absolute Gasteiger partial charge is 0.872 e. The molecule has 88 valence electrons. The SMILES string of the molecule is C1COCC[NH2+]1.O=C(O)c1ccc([O-])cc1. The highest BCUT2D eigenvalue weighted by atomic mass is 16.5. The molecule has 0 radical (unpaired) electrons. The van der Waals surface area contributed by atoms with Crippen LogP contribution in [0.25, 0.3) is 0 Å². The third kappa shape index (κ3) is 4.77. The summed E-state index contributed by atoms with van der Waals surface area (Å²) in [6, 6.07) is 5.02. The smallest absolute Gasteiger partial charge is 0.335 e. The number of benzene rings is 1. The molecule has 1 heterocycles. The first-order valence-electron chi connectivity index (χ1n) is 5.10. The van der Waals surface area contributed by atoms with Gasteiger partial charge in [0.2, 0.25) is 0 Å². The van der Waals surface area contributed by atoms with E-state index in [1.807, 2.05) is 0 Å². The van der Waals surface area contributed by atoms with Crippen molar-refractivity contribution in [3.63, 3.8) is 0 Å². The second-order valence-electron chi connectivity index (χ2n) is 3.31. The number of carboxylic acids is 1. The van der Waals surface area contributed by atoms with Crippen molar-refractivity contribution in [2.45, 2.75) is 0 Å². The molecule has 1 aromatic carbocycles. The van der Waals surface area contributed by atoms with E-state index in [1.165, 1.54) is 24.3 Å². The quantitative estimate of drug-likeness (QED) is 0.644. The lowest BCUT2D eigenvalue weighted by molar-refractivity contribution is -0.670. The number of hydrogen-bond acceptors (Lipinski definition) is 3. The summed E-state index contributed by atoms with van der Waals surface area (Å²) in [5, 5.41) is 21.1. The maximum absolute atomic E-state index is 10.5. The zero-order valence-corrected chi connectivity index (χ0v) is 8.89. The van der Waals surface area contributed by atoms with Crippen molar-refractivity contribution in [1.29, 1.82) is 0 Å². The van der Waals surface area contributed by atoms with E-state index in [-0.39, 0.29) is 11.3 Å². The van der Waals surface area contributed by atoms with E-state index < -0.39 is 5.97 Å². The van der Waals surface area contributed by atoms with Gasteiger partial charge in [-0.05, 0) is 12.1 Å². The molecule has 0 saturated carbocycles. The third-order valence-electron chi connectivity index (χ3n) is 2.03. The summed E-state index contributed by atoms with van der Waals surface area (Å²) in [6.07, 6.45) is 0. The predicted octanol–water partition coefficient (Wildman–Crippen LogP) is -0.962. The van der Waals surface area contributed by atoms with Crippen LogP contribution in [0.3, 0.4) is 0 Å². The maximum Gasteiger partial charge on any atom is 0.335 e. The predicted molar refractivity (Wildman–Crippen MR) is 55.3 cm³/mol. The number of carbonyl (C=O) groups is 1. The van der Waals surface area contributed by atoms with E-state index in [1.54, 1.807) is 0 Å². The monoisotopic (exact) mass is 225 g/mol. The highest BCUT2D eigenvalue weighted by molar-refractivity contribution is 5.87. The van der Waals surface area contributed by atoms with Crippen LogP contribution in [0.5, 0.6) is 5.75 Å². The summed E-state index contributed by atoms with van der Waals surface area (Å²) < 4.78 is 5.04. The normalized spacial score (nSPS) is 14.8. The molecule has 5 nitrogen and oxygen atoms in total.